The van der Waals surface area contributed by atoms with Gasteiger partial charge in [0.05, 0.1) is 13.2 Å². The van der Waals surface area contributed by atoms with Crippen LogP contribution >= 0.6 is 0 Å². The quantitative estimate of drug-likeness (QED) is 0.627. The molecular formula is C16H20N2O2. The third-order valence-electron chi connectivity index (χ3n) is 3.32. The molecule has 0 aliphatic carbocycles. The van der Waals surface area contributed by atoms with Crippen molar-refractivity contribution in [3.05, 3.63) is 65.7 Å². The van der Waals surface area contributed by atoms with Gasteiger partial charge in [-0.2, -0.15) is 0 Å². The predicted octanol–water partition coefficient (Wildman–Crippen LogP) is 2.59. The lowest BCUT2D eigenvalue weighted by Crippen LogP contribution is -2.33. The van der Waals surface area contributed by atoms with E-state index in [9.17, 15) is 0 Å². The van der Waals surface area contributed by atoms with Crippen molar-refractivity contribution in [3.63, 3.8) is 0 Å². The Morgan fingerprint density at radius 1 is 0.950 bits per heavy atom. The summed E-state index contributed by atoms with van der Waals surface area (Å²) in [5.41, 5.74) is 4.93. The van der Waals surface area contributed by atoms with Crippen molar-refractivity contribution in [2.75, 3.05) is 14.2 Å². The van der Waals surface area contributed by atoms with E-state index in [4.69, 9.17) is 15.3 Å². The second-order valence-corrected chi connectivity index (χ2v) is 4.49. The summed E-state index contributed by atoms with van der Waals surface area (Å²) in [5.74, 6) is 6.54. The molecule has 2 rings (SSSR count). The van der Waals surface area contributed by atoms with E-state index in [-0.39, 0.29) is 12.1 Å². The molecule has 2 atom stereocenters. The zero-order valence-electron chi connectivity index (χ0n) is 11.7. The Kier molecular flexibility index (Phi) is 5.12. The van der Waals surface area contributed by atoms with E-state index in [1.165, 1.54) is 0 Å². The maximum absolute atomic E-state index is 5.74. The Labute approximate surface area is 119 Å². The summed E-state index contributed by atoms with van der Waals surface area (Å²) < 4.78 is 10.9. The number of hydrogen-bond acceptors (Lipinski definition) is 4. The van der Waals surface area contributed by atoms with Crippen LogP contribution in [-0.4, -0.2) is 14.2 Å². The number of hydrazine groups is 1. The molecule has 3 N–H and O–H groups in total. The predicted molar refractivity (Wildman–Crippen MR) is 79.3 cm³/mol. The number of methoxy groups -OCH3 is 2. The van der Waals surface area contributed by atoms with E-state index in [0.717, 1.165) is 16.9 Å². The van der Waals surface area contributed by atoms with E-state index >= 15 is 0 Å². The van der Waals surface area contributed by atoms with E-state index in [0.29, 0.717) is 0 Å². The van der Waals surface area contributed by atoms with Gasteiger partial charge in [0, 0.05) is 7.11 Å². The summed E-state index contributed by atoms with van der Waals surface area (Å²) in [4.78, 5) is 0. The minimum atomic E-state index is -0.173. The first kappa shape index (κ1) is 14.5. The smallest absolute Gasteiger partial charge is 0.119 e. The normalized spacial score (nSPS) is 13.8. The van der Waals surface area contributed by atoms with Crippen LogP contribution in [0.5, 0.6) is 5.75 Å². The lowest BCUT2D eigenvalue weighted by atomic mass is 9.96. The molecule has 0 fully saturated rings. The SMILES string of the molecule is COc1cccc(C(NN)C(OC)c2ccccc2)c1. The van der Waals surface area contributed by atoms with Gasteiger partial charge in [-0.05, 0) is 23.3 Å². The fourth-order valence-corrected chi connectivity index (χ4v) is 2.30. The summed E-state index contributed by atoms with van der Waals surface area (Å²) in [5, 5.41) is 0. The third kappa shape index (κ3) is 3.17. The van der Waals surface area contributed by atoms with Crippen molar-refractivity contribution in [1.29, 1.82) is 0 Å². The molecule has 0 saturated carbocycles. The standard InChI is InChI=1S/C16H20N2O2/c1-19-14-10-6-9-13(11-14)15(18-17)16(20-2)12-7-4-3-5-8-12/h3-11,15-16,18H,17H2,1-2H3. The molecule has 0 aliphatic heterocycles. The van der Waals surface area contributed by atoms with Crippen molar-refractivity contribution in [3.8, 4) is 5.75 Å². The second-order valence-electron chi connectivity index (χ2n) is 4.49. The van der Waals surface area contributed by atoms with Crippen molar-refractivity contribution >= 4 is 0 Å². The molecule has 2 unspecified atom stereocenters. The first-order chi connectivity index (χ1) is 9.80. The monoisotopic (exact) mass is 272 g/mol. The van der Waals surface area contributed by atoms with Gasteiger partial charge in [-0.15, -0.1) is 0 Å². The van der Waals surface area contributed by atoms with E-state index in [1.54, 1.807) is 14.2 Å². The summed E-state index contributed by atoms with van der Waals surface area (Å²) in [7, 11) is 3.33. The first-order valence-electron chi connectivity index (χ1n) is 6.48. The van der Waals surface area contributed by atoms with Gasteiger partial charge in [-0.1, -0.05) is 42.5 Å². The van der Waals surface area contributed by atoms with Gasteiger partial charge in [0.2, 0.25) is 0 Å². The van der Waals surface area contributed by atoms with Gasteiger partial charge < -0.3 is 9.47 Å². The number of nitrogens with one attached hydrogen (secondary N) is 1. The van der Waals surface area contributed by atoms with Crippen molar-refractivity contribution in [2.45, 2.75) is 12.1 Å². The maximum atomic E-state index is 5.74. The zero-order chi connectivity index (χ0) is 14.4. The fourth-order valence-electron chi connectivity index (χ4n) is 2.30. The minimum absolute atomic E-state index is 0.155. The largest absolute Gasteiger partial charge is 0.497 e. The Hall–Kier alpha value is -1.88. The molecule has 106 valence electrons. The molecule has 0 aromatic heterocycles. The van der Waals surface area contributed by atoms with E-state index in [2.05, 4.69) is 5.43 Å². The molecule has 0 aliphatic rings. The highest BCUT2D eigenvalue weighted by Crippen LogP contribution is 2.32. The molecule has 4 nitrogen and oxygen atoms in total. The van der Waals surface area contributed by atoms with Gasteiger partial charge in [0.25, 0.3) is 0 Å². The van der Waals surface area contributed by atoms with Crippen LogP contribution in [0.3, 0.4) is 0 Å². The maximum Gasteiger partial charge on any atom is 0.119 e. The van der Waals surface area contributed by atoms with Gasteiger partial charge >= 0.3 is 0 Å². The highest BCUT2D eigenvalue weighted by atomic mass is 16.5. The highest BCUT2D eigenvalue weighted by molar-refractivity contribution is 5.33. The lowest BCUT2D eigenvalue weighted by molar-refractivity contribution is 0.0675. The Balaban J connectivity index is 2.34. The average molecular weight is 272 g/mol. The highest BCUT2D eigenvalue weighted by Gasteiger charge is 2.23. The van der Waals surface area contributed by atoms with E-state index in [1.807, 2.05) is 54.6 Å². The first-order valence-corrected chi connectivity index (χ1v) is 6.48. The summed E-state index contributed by atoms with van der Waals surface area (Å²) >= 11 is 0. The van der Waals surface area contributed by atoms with Crippen molar-refractivity contribution < 1.29 is 9.47 Å². The summed E-state index contributed by atoms with van der Waals surface area (Å²) in [6, 6.07) is 17.7. The van der Waals surface area contributed by atoms with Gasteiger partial charge in [-0.3, -0.25) is 5.84 Å². The van der Waals surface area contributed by atoms with Crippen LogP contribution in [-0.2, 0) is 4.74 Å². The lowest BCUT2D eigenvalue weighted by Gasteiger charge is -2.26. The number of ether oxygens (including phenoxy) is 2. The number of hydrogen-bond donors (Lipinski definition) is 2. The van der Waals surface area contributed by atoms with E-state index < -0.39 is 0 Å². The molecular weight excluding hydrogens is 252 g/mol. The average Bonchev–Trinajstić information content (AvgIpc) is 2.53. The van der Waals surface area contributed by atoms with Crippen LogP contribution in [0.4, 0.5) is 0 Å². The molecule has 0 radical (unpaired) electrons. The molecule has 0 bridgehead atoms. The Morgan fingerprint density at radius 3 is 2.25 bits per heavy atom. The molecule has 2 aromatic rings. The van der Waals surface area contributed by atoms with Gasteiger partial charge in [0.1, 0.15) is 11.9 Å². The van der Waals surface area contributed by atoms with Crippen molar-refractivity contribution in [1.82, 2.24) is 5.43 Å². The molecule has 4 heteroatoms. The van der Waals surface area contributed by atoms with Crippen molar-refractivity contribution in [2.24, 2.45) is 5.84 Å². The number of rotatable bonds is 6. The molecule has 20 heavy (non-hydrogen) atoms. The minimum Gasteiger partial charge on any atom is -0.497 e. The molecule has 0 heterocycles. The molecule has 0 spiro atoms. The summed E-state index contributed by atoms with van der Waals surface area (Å²) in [6.07, 6.45) is -0.173. The Bertz CT molecular complexity index is 531. The second kappa shape index (κ2) is 7.05. The van der Waals surface area contributed by atoms with Gasteiger partial charge in [0.15, 0.2) is 0 Å². The fraction of sp³-hybridized carbons (Fsp3) is 0.250. The van der Waals surface area contributed by atoms with Crippen LogP contribution in [0, 0.1) is 0 Å². The van der Waals surface area contributed by atoms with Crippen LogP contribution in [0.15, 0.2) is 54.6 Å². The Morgan fingerprint density at radius 2 is 1.65 bits per heavy atom. The molecule has 0 amide bonds. The zero-order valence-corrected chi connectivity index (χ0v) is 11.7. The third-order valence-corrected chi connectivity index (χ3v) is 3.32. The molecule has 2 aromatic carbocycles. The summed E-state index contributed by atoms with van der Waals surface area (Å²) in [6.45, 7) is 0. The van der Waals surface area contributed by atoms with Crippen LogP contribution in [0.1, 0.15) is 23.3 Å². The number of benzene rings is 2. The van der Waals surface area contributed by atoms with Crippen LogP contribution < -0.4 is 16.0 Å². The van der Waals surface area contributed by atoms with Crippen LogP contribution in [0.2, 0.25) is 0 Å². The number of nitrogens with two attached hydrogens (primary N) is 1. The van der Waals surface area contributed by atoms with Gasteiger partial charge in [-0.25, -0.2) is 5.43 Å². The topological polar surface area (TPSA) is 56.5 Å². The molecule has 0 saturated heterocycles. The van der Waals surface area contributed by atoms with Crippen LogP contribution in [0.25, 0.3) is 0 Å².